The van der Waals surface area contributed by atoms with Gasteiger partial charge in [0, 0.05) is 5.69 Å². The number of carboxylic acids is 1. The Morgan fingerprint density at radius 3 is 2.44 bits per heavy atom. The average Bonchev–Trinajstić information content (AvgIpc) is 2.34. The Hall–Kier alpha value is -1.51. The topological polar surface area (TPSA) is 49.3 Å². The van der Waals surface area contributed by atoms with Gasteiger partial charge in [-0.1, -0.05) is 37.0 Å². The summed E-state index contributed by atoms with van der Waals surface area (Å²) in [5.41, 5.74) is 2.50. The number of carboxylic acid groups (broad SMARTS) is 1. The monoisotopic (exact) mass is 247 g/mol. The molecule has 1 aromatic rings. The van der Waals surface area contributed by atoms with Gasteiger partial charge in [0.1, 0.15) is 5.54 Å². The molecule has 3 heteroatoms. The van der Waals surface area contributed by atoms with Crippen LogP contribution < -0.4 is 5.32 Å². The van der Waals surface area contributed by atoms with E-state index in [1.807, 2.05) is 26.0 Å². The molecule has 0 atom stereocenters. The van der Waals surface area contributed by atoms with Gasteiger partial charge in [0.15, 0.2) is 0 Å². The molecule has 3 nitrogen and oxygen atoms in total. The van der Waals surface area contributed by atoms with Crippen molar-refractivity contribution in [3.8, 4) is 0 Å². The summed E-state index contributed by atoms with van der Waals surface area (Å²) in [5.74, 6) is -0.720. The number of benzene rings is 1. The van der Waals surface area contributed by atoms with E-state index < -0.39 is 11.5 Å². The first-order valence-electron chi connectivity index (χ1n) is 6.62. The summed E-state index contributed by atoms with van der Waals surface area (Å²) in [4.78, 5) is 11.6. The molecule has 0 aliphatic heterocycles. The fourth-order valence-corrected chi connectivity index (χ4v) is 2.76. The van der Waals surface area contributed by atoms with Crippen molar-refractivity contribution >= 4 is 11.7 Å². The van der Waals surface area contributed by atoms with Gasteiger partial charge < -0.3 is 10.4 Å². The predicted molar refractivity (Wildman–Crippen MR) is 73.0 cm³/mol. The van der Waals surface area contributed by atoms with E-state index in [0.29, 0.717) is 0 Å². The van der Waals surface area contributed by atoms with Crippen LogP contribution in [0.15, 0.2) is 18.2 Å². The highest BCUT2D eigenvalue weighted by atomic mass is 16.4. The summed E-state index contributed by atoms with van der Waals surface area (Å²) in [5, 5.41) is 12.8. The third-order valence-corrected chi connectivity index (χ3v) is 3.87. The number of aliphatic carboxylic acids is 1. The average molecular weight is 247 g/mol. The molecule has 1 aromatic carbocycles. The molecule has 0 heterocycles. The van der Waals surface area contributed by atoms with Crippen LogP contribution in [0, 0.1) is 13.8 Å². The molecule has 0 bridgehead atoms. The van der Waals surface area contributed by atoms with E-state index in [0.717, 1.165) is 43.4 Å². The lowest BCUT2D eigenvalue weighted by molar-refractivity contribution is -0.143. The molecule has 2 rings (SSSR count). The van der Waals surface area contributed by atoms with E-state index in [1.54, 1.807) is 0 Å². The molecule has 1 aliphatic rings. The Balaban J connectivity index is 2.26. The van der Waals surface area contributed by atoms with Gasteiger partial charge in [-0.05, 0) is 38.3 Å². The fraction of sp³-hybridized carbons (Fsp3) is 0.533. The Morgan fingerprint density at radius 2 is 1.89 bits per heavy atom. The molecular weight excluding hydrogens is 226 g/mol. The molecule has 18 heavy (non-hydrogen) atoms. The number of aryl methyl sites for hydroxylation is 2. The lowest BCUT2D eigenvalue weighted by Crippen LogP contribution is -2.48. The van der Waals surface area contributed by atoms with Gasteiger partial charge in [0.25, 0.3) is 0 Å². The molecular formula is C15H21NO2. The van der Waals surface area contributed by atoms with Crippen molar-refractivity contribution in [2.45, 2.75) is 51.5 Å². The summed E-state index contributed by atoms with van der Waals surface area (Å²) in [6, 6.07) is 6.10. The van der Waals surface area contributed by atoms with Crippen molar-refractivity contribution in [3.63, 3.8) is 0 Å². The molecule has 2 N–H and O–H groups in total. The van der Waals surface area contributed by atoms with Crippen LogP contribution >= 0.6 is 0 Å². The second-order valence-corrected chi connectivity index (χ2v) is 5.39. The van der Waals surface area contributed by atoms with Crippen molar-refractivity contribution in [1.82, 2.24) is 0 Å². The number of hydrogen-bond donors (Lipinski definition) is 2. The molecule has 0 saturated heterocycles. The minimum atomic E-state index is -0.766. The Kier molecular flexibility index (Phi) is 3.60. The maximum Gasteiger partial charge on any atom is 0.329 e. The summed E-state index contributed by atoms with van der Waals surface area (Å²) in [7, 11) is 0. The van der Waals surface area contributed by atoms with Crippen molar-refractivity contribution in [2.24, 2.45) is 0 Å². The third-order valence-electron chi connectivity index (χ3n) is 3.87. The fourth-order valence-electron chi connectivity index (χ4n) is 2.76. The molecule has 1 saturated carbocycles. The molecule has 1 aliphatic carbocycles. The van der Waals surface area contributed by atoms with Crippen molar-refractivity contribution in [1.29, 1.82) is 0 Å². The van der Waals surface area contributed by atoms with Gasteiger partial charge in [-0.3, -0.25) is 0 Å². The van der Waals surface area contributed by atoms with E-state index in [1.165, 1.54) is 5.56 Å². The zero-order valence-electron chi connectivity index (χ0n) is 11.1. The zero-order valence-corrected chi connectivity index (χ0v) is 11.1. The predicted octanol–water partition coefficient (Wildman–Crippen LogP) is 3.50. The molecule has 0 aromatic heterocycles. The van der Waals surface area contributed by atoms with Crippen LogP contribution in [0.2, 0.25) is 0 Å². The first-order valence-corrected chi connectivity index (χ1v) is 6.62. The maximum atomic E-state index is 11.6. The van der Waals surface area contributed by atoms with E-state index in [9.17, 15) is 9.90 Å². The molecule has 0 amide bonds. The van der Waals surface area contributed by atoms with Crippen LogP contribution in [-0.2, 0) is 4.79 Å². The van der Waals surface area contributed by atoms with Gasteiger partial charge in [0.2, 0.25) is 0 Å². The largest absolute Gasteiger partial charge is 0.480 e. The van der Waals surface area contributed by atoms with Crippen LogP contribution in [0.3, 0.4) is 0 Å². The first kappa shape index (κ1) is 12.9. The lowest BCUT2D eigenvalue weighted by atomic mass is 9.81. The zero-order chi connectivity index (χ0) is 13.2. The van der Waals surface area contributed by atoms with Gasteiger partial charge in [-0.25, -0.2) is 4.79 Å². The van der Waals surface area contributed by atoms with Gasteiger partial charge in [0.05, 0.1) is 0 Å². The molecule has 0 radical (unpaired) electrons. The molecule has 1 fully saturated rings. The minimum Gasteiger partial charge on any atom is -0.480 e. The number of anilines is 1. The molecule has 0 spiro atoms. The number of hydrogen-bond acceptors (Lipinski definition) is 2. The van der Waals surface area contributed by atoms with Crippen LogP contribution in [0.4, 0.5) is 5.69 Å². The highest BCUT2D eigenvalue weighted by molar-refractivity contribution is 5.83. The van der Waals surface area contributed by atoms with E-state index in [-0.39, 0.29) is 0 Å². The number of carbonyl (C=O) groups is 1. The minimum absolute atomic E-state index is 0.718. The van der Waals surface area contributed by atoms with Crippen molar-refractivity contribution < 1.29 is 9.90 Å². The second kappa shape index (κ2) is 5.01. The van der Waals surface area contributed by atoms with Gasteiger partial charge in [-0.2, -0.15) is 0 Å². The first-order chi connectivity index (χ1) is 8.53. The Morgan fingerprint density at radius 1 is 1.22 bits per heavy atom. The van der Waals surface area contributed by atoms with E-state index >= 15 is 0 Å². The van der Waals surface area contributed by atoms with E-state index in [2.05, 4.69) is 11.4 Å². The summed E-state index contributed by atoms with van der Waals surface area (Å²) in [6.07, 6.45) is 4.56. The second-order valence-electron chi connectivity index (χ2n) is 5.39. The SMILES string of the molecule is Cc1ccc(NC2(C(=O)O)CCCCC2)c(C)c1. The van der Waals surface area contributed by atoms with Crippen LogP contribution in [0.1, 0.15) is 43.2 Å². The van der Waals surface area contributed by atoms with Gasteiger partial charge >= 0.3 is 5.97 Å². The normalized spacial score (nSPS) is 18.3. The Bertz CT molecular complexity index is 448. The number of rotatable bonds is 3. The van der Waals surface area contributed by atoms with Gasteiger partial charge in [-0.15, -0.1) is 0 Å². The van der Waals surface area contributed by atoms with Crippen LogP contribution in [0.5, 0.6) is 0 Å². The van der Waals surface area contributed by atoms with Crippen LogP contribution in [-0.4, -0.2) is 16.6 Å². The molecule has 0 unspecified atom stereocenters. The van der Waals surface area contributed by atoms with Crippen LogP contribution in [0.25, 0.3) is 0 Å². The third kappa shape index (κ3) is 2.50. The Labute approximate surface area is 108 Å². The summed E-state index contributed by atoms with van der Waals surface area (Å²) < 4.78 is 0. The highest BCUT2D eigenvalue weighted by Crippen LogP contribution is 2.33. The number of nitrogens with one attached hydrogen (secondary N) is 1. The quantitative estimate of drug-likeness (QED) is 0.859. The smallest absolute Gasteiger partial charge is 0.329 e. The molecule has 98 valence electrons. The van der Waals surface area contributed by atoms with Crippen molar-refractivity contribution in [3.05, 3.63) is 29.3 Å². The van der Waals surface area contributed by atoms with Crippen molar-refractivity contribution in [2.75, 3.05) is 5.32 Å². The summed E-state index contributed by atoms with van der Waals surface area (Å²) in [6.45, 7) is 4.07. The maximum absolute atomic E-state index is 11.6. The highest BCUT2D eigenvalue weighted by Gasteiger charge is 2.39. The lowest BCUT2D eigenvalue weighted by Gasteiger charge is -2.35. The van der Waals surface area contributed by atoms with E-state index in [4.69, 9.17) is 0 Å². The standard InChI is InChI=1S/C15H21NO2/c1-11-6-7-13(12(2)10-11)16-15(14(17)18)8-4-3-5-9-15/h6-7,10,16H,3-5,8-9H2,1-2H3,(H,17,18). The summed E-state index contributed by atoms with van der Waals surface area (Å²) >= 11 is 0.